The molecule has 3 amide bonds. The van der Waals surface area contributed by atoms with E-state index in [1.165, 1.54) is 12.5 Å². The van der Waals surface area contributed by atoms with Gasteiger partial charge in [-0.3, -0.25) is 19.2 Å². The van der Waals surface area contributed by atoms with Crippen LogP contribution in [0.1, 0.15) is 37.8 Å². The van der Waals surface area contributed by atoms with Crippen LogP contribution in [0.4, 0.5) is 0 Å². The Morgan fingerprint density at radius 1 is 0.943 bits per heavy atom. The Bertz CT molecular complexity index is 849. The van der Waals surface area contributed by atoms with Gasteiger partial charge < -0.3 is 47.7 Å². The first-order chi connectivity index (χ1) is 16.6. The lowest BCUT2D eigenvalue weighted by molar-refractivity contribution is -0.142. The monoisotopic (exact) mass is 499 g/mol. The van der Waals surface area contributed by atoms with Crippen LogP contribution in [0.15, 0.2) is 12.5 Å². The van der Waals surface area contributed by atoms with E-state index in [4.69, 9.17) is 21.7 Å². The average molecular weight is 500 g/mol. The number of unbranched alkanes of at least 4 members (excludes halogenated alkanes) is 1. The van der Waals surface area contributed by atoms with Gasteiger partial charge in [0.05, 0.1) is 12.9 Å². The molecular weight excluding hydrogens is 466 g/mol. The fourth-order valence-corrected chi connectivity index (χ4v) is 3.02. The summed E-state index contributed by atoms with van der Waals surface area (Å²) >= 11 is 0. The number of aliphatic carboxylic acids is 2. The number of nitrogens with two attached hydrogens (primary N) is 2. The largest absolute Gasteiger partial charge is 0.481 e. The Morgan fingerprint density at radius 2 is 1.54 bits per heavy atom. The first-order valence-corrected chi connectivity index (χ1v) is 11.0. The third kappa shape index (κ3) is 10.9. The van der Waals surface area contributed by atoms with Crippen LogP contribution in [0, 0.1) is 0 Å². The Labute approximate surface area is 201 Å². The summed E-state index contributed by atoms with van der Waals surface area (Å²) in [6.45, 7) is -0.369. The molecule has 0 saturated heterocycles. The number of hydrogen-bond acceptors (Lipinski definition) is 9. The number of carbonyl (C=O) groups is 5. The molecule has 196 valence electrons. The maximum absolute atomic E-state index is 12.9. The molecule has 0 aliphatic heterocycles. The number of aromatic amines is 1. The van der Waals surface area contributed by atoms with E-state index in [0.29, 0.717) is 25.1 Å². The summed E-state index contributed by atoms with van der Waals surface area (Å²) in [6, 6.07) is -5.20. The average Bonchev–Trinajstić information content (AvgIpc) is 3.32. The van der Waals surface area contributed by atoms with Crippen LogP contribution in [0.25, 0.3) is 0 Å². The van der Waals surface area contributed by atoms with E-state index in [1.54, 1.807) is 0 Å². The number of aliphatic hydroxyl groups is 1. The van der Waals surface area contributed by atoms with Gasteiger partial charge in [-0.2, -0.15) is 0 Å². The quantitative estimate of drug-likeness (QED) is 0.0963. The van der Waals surface area contributed by atoms with Crippen LogP contribution in [0.2, 0.25) is 0 Å². The van der Waals surface area contributed by atoms with Gasteiger partial charge in [-0.25, -0.2) is 9.78 Å². The van der Waals surface area contributed by atoms with Crippen molar-refractivity contribution in [2.75, 3.05) is 13.2 Å². The van der Waals surface area contributed by atoms with Gasteiger partial charge >= 0.3 is 11.9 Å². The number of carboxylic acid groups (broad SMARTS) is 2. The lowest BCUT2D eigenvalue weighted by atomic mass is 10.0. The molecule has 1 aromatic heterocycles. The van der Waals surface area contributed by atoms with Crippen molar-refractivity contribution in [1.29, 1.82) is 0 Å². The highest BCUT2D eigenvalue weighted by atomic mass is 16.4. The van der Waals surface area contributed by atoms with Crippen LogP contribution in [-0.2, 0) is 30.4 Å². The molecule has 0 bridgehead atoms. The highest BCUT2D eigenvalue weighted by molar-refractivity contribution is 5.94. The predicted octanol–water partition coefficient (Wildman–Crippen LogP) is -3.20. The number of amides is 3. The van der Waals surface area contributed by atoms with E-state index in [2.05, 4.69) is 25.9 Å². The fraction of sp³-hybridized carbons (Fsp3) is 0.600. The molecule has 0 aliphatic rings. The number of aromatic nitrogens is 2. The SMILES string of the molecule is NCCCCC(NC(=O)C(CCC(=O)O)NC(=O)C(N)CO)C(=O)NC(Cc1cnc[nH]1)C(=O)O. The van der Waals surface area contributed by atoms with Crippen molar-refractivity contribution in [2.24, 2.45) is 11.5 Å². The molecule has 1 heterocycles. The second kappa shape index (κ2) is 15.4. The fourth-order valence-electron chi connectivity index (χ4n) is 3.02. The molecule has 0 aliphatic carbocycles. The lowest BCUT2D eigenvalue weighted by Crippen LogP contribution is -2.57. The summed E-state index contributed by atoms with van der Waals surface area (Å²) in [5.74, 6) is -5.04. The van der Waals surface area contributed by atoms with Crippen LogP contribution < -0.4 is 27.4 Å². The van der Waals surface area contributed by atoms with Gasteiger partial charge in [-0.1, -0.05) is 0 Å². The summed E-state index contributed by atoms with van der Waals surface area (Å²) < 4.78 is 0. The third-order valence-corrected chi connectivity index (χ3v) is 4.99. The second-order valence-corrected chi connectivity index (χ2v) is 7.81. The van der Waals surface area contributed by atoms with E-state index in [9.17, 15) is 29.1 Å². The number of imidazole rings is 1. The minimum absolute atomic E-state index is 0.0825. The molecule has 0 saturated carbocycles. The highest BCUT2D eigenvalue weighted by Crippen LogP contribution is 2.06. The smallest absolute Gasteiger partial charge is 0.326 e. The number of carbonyl (C=O) groups excluding carboxylic acids is 3. The zero-order chi connectivity index (χ0) is 26.4. The molecule has 0 radical (unpaired) electrons. The van der Waals surface area contributed by atoms with Crippen molar-refractivity contribution in [3.8, 4) is 0 Å². The van der Waals surface area contributed by atoms with Crippen molar-refractivity contribution < 1.29 is 39.3 Å². The standard InChI is InChI=1S/C20H33N7O8/c21-6-2-1-3-13(18(32)27-15(20(34)35)7-11-8-23-10-24-11)26-19(33)14(4-5-16(29)30)25-17(31)12(22)9-28/h8,10,12-15,28H,1-7,9,21-22H2,(H,23,24)(H,25,31)(H,26,33)(H,27,32)(H,29,30)(H,34,35). The van der Waals surface area contributed by atoms with Crippen molar-refractivity contribution in [3.63, 3.8) is 0 Å². The number of rotatable bonds is 17. The van der Waals surface area contributed by atoms with Gasteiger partial charge in [-0.15, -0.1) is 0 Å². The van der Waals surface area contributed by atoms with E-state index >= 15 is 0 Å². The molecule has 4 unspecified atom stereocenters. The first kappa shape index (κ1) is 29.5. The minimum Gasteiger partial charge on any atom is -0.481 e. The van der Waals surface area contributed by atoms with Crippen molar-refractivity contribution >= 4 is 29.7 Å². The summed E-state index contributed by atoms with van der Waals surface area (Å²) in [7, 11) is 0. The van der Waals surface area contributed by atoms with Gasteiger partial charge in [0.2, 0.25) is 17.7 Å². The molecule has 1 aromatic rings. The Hall–Kier alpha value is -3.56. The zero-order valence-electron chi connectivity index (χ0n) is 19.1. The Morgan fingerprint density at radius 3 is 2.06 bits per heavy atom. The van der Waals surface area contributed by atoms with Crippen LogP contribution >= 0.6 is 0 Å². The number of hydrogen-bond donors (Lipinski definition) is 9. The maximum Gasteiger partial charge on any atom is 0.326 e. The summed E-state index contributed by atoms with van der Waals surface area (Å²) in [5, 5.41) is 34.6. The number of carboxylic acids is 2. The summed E-state index contributed by atoms with van der Waals surface area (Å²) in [5.41, 5.74) is 11.4. The highest BCUT2D eigenvalue weighted by Gasteiger charge is 2.30. The van der Waals surface area contributed by atoms with E-state index in [0.717, 1.165) is 0 Å². The molecule has 0 fully saturated rings. The van der Waals surface area contributed by atoms with Gasteiger partial charge in [0, 0.05) is 24.7 Å². The molecule has 15 nitrogen and oxygen atoms in total. The number of nitrogens with zero attached hydrogens (tertiary/aromatic N) is 1. The molecule has 15 heteroatoms. The van der Waals surface area contributed by atoms with Crippen LogP contribution in [0.5, 0.6) is 0 Å². The Kier molecular flexibility index (Phi) is 12.9. The predicted molar refractivity (Wildman–Crippen MR) is 121 cm³/mol. The van der Waals surface area contributed by atoms with Crippen molar-refractivity contribution in [2.45, 2.75) is 62.7 Å². The second-order valence-electron chi connectivity index (χ2n) is 7.81. The lowest BCUT2D eigenvalue weighted by Gasteiger charge is -2.25. The van der Waals surface area contributed by atoms with E-state index in [1.807, 2.05) is 0 Å². The minimum atomic E-state index is -1.36. The van der Waals surface area contributed by atoms with E-state index < -0.39 is 66.9 Å². The molecule has 35 heavy (non-hydrogen) atoms. The first-order valence-electron chi connectivity index (χ1n) is 11.0. The Balaban J connectivity index is 2.98. The number of aliphatic hydroxyl groups excluding tert-OH is 1. The van der Waals surface area contributed by atoms with Crippen molar-refractivity contribution in [1.82, 2.24) is 25.9 Å². The summed E-state index contributed by atoms with van der Waals surface area (Å²) in [4.78, 5) is 67.0. The van der Waals surface area contributed by atoms with Gasteiger partial charge in [-0.05, 0) is 32.2 Å². The zero-order valence-corrected chi connectivity index (χ0v) is 19.1. The topological polar surface area (TPSA) is 263 Å². The van der Waals surface area contributed by atoms with Crippen LogP contribution in [-0.4, -0.2) is 92.3 Å². The van der Waals surface area contributed by atoms with Gasteiger partial charge in [0.1, 0.15) is 24.2 Å². The summed E-state index contributed by atoms with van der Waals surface area (Å²) in [6.07, 6.45) is 2.98. The number of nitrogens with one attached hydrogen (secondary N) is 4. The van der Waals surface area contributed by atoms with Gasteiger partial charge in [0.15, 0.2) is 0 Å². The maximum atomic E-state index is 12.9. The third-order valence-electron chi connectivity index (χ3n) is 4.99. The van der Waals surface area contributed by atoms with E-state index in [-0.39, 0.29) is 19.3 Å². The van der Waals surface area contributed by atoms with Gasteiger partial charge in [0.25, 0.3) is 0 Å². The molecule has 0 spiro atoms. The molecule has 0 aromatic carbocycles. The molecular formula is C20H33N7O8. The molecule has 4 atom stereocenters. The molecule has 1 rings (SSSR count). The molecule has 11 N–H and O–H groups in total. The normalized spacial score (nSPS) is 14.3. The van der Waals surface area contributed by atoms with Crippen LogP contribution in [0.3, 0.4) is 0 Å². The number of H-pyrrole nitrogens is 1. The van der Waals surface area contributed by atoms with Crippen molar-refractivity contribution in [3.05, 3.63) is 18.2 Å².